The van der Waals surface area contributed by atoms with E-state index in [2.05, 4.69) is 0 Å². The minimum Gasteiger partial charge on any atom is -0.395 e. The van der Waals surface area contributed by atoms with E-state index in [9.17, 15) is 4.39 Å². The Labute approximate surface area is 100 Å². The molecule has 0 unspecified atom stereocenters. The summed E-state index contributed by atoms with van der Waals surface area (Å²) in [6, 6.07) is 5.11. The molecule has 1 aromatic carbocycles. The fourth-order valence-electron chi connectivity index (χ4n) is 1.71. The molecule has 0 spiro atoms. The monoisotopic (exact) mass is 242 g/mol. The summed E-state index contributed by atoms with van der Waals surface area (Å²) in [6.45, 7) is 1.32. The molecule has 4 N–H and O–H groups in total. The number of hydrogen-bond acceptors (Lipinski definition) is 4. The number of aliphatic hydroxyl groups is 2. The summed E-state index contributed by atoms with van der Waals surface area (Å²) >= 11 is 0. The summed E-state index contributed by atoms with van der Waals surface area (Å²) in [5, 5.41) is 17.7. The number of halogens is 1. The summed E-state index contributed by atoms with van der Waals surface area (Å²) in [4.78, 5) is 1.79. The maximum absolute atomic E-state index is 13.9. The number of nitrogens with zero attached hydrogens (tertiary/aromatic N) is 1. The van der Waals surface area contributed by atoms with Crippen LogP contribution in [0.2, 0.25) is 0 Å². The molecule has 0 fully saturated rings. The minimum absolute atomic E-state index is 0.0157. The van der Waals surface area contributed by atoms with Gasteiger partial charge in [-0.3, -0.25) is 4.90 Å². The predicted molar refractivity (Wildman–Crippen MR) is 63.7 cm³/mol. The Morgan fingerprint density at radius 1 is 1.12 bits per heavy atom. The molecule has 1 rings (SSSR count). The van der Waals surface area contributed by atoms with Crippen molar-refractivity contribution in [1.29, 1.82) is 0 Å². The van der Waals surface area contributed by atoms with Gasteiger partial charge in [-0.15, -0.1) is 0 Å². The van der Waals surface area contributed by atoms with Gasteiger partial charge in [-0.25, -0.2) is 4.39 Å². The van der Waals surface area contributed by atoms with Crippen molar-refractivity contribution in [2.24, 2.45) is 5.73 Å². The predicted octanol–water partition coefficient (Wildman–Crippen LogP) is 0.0710. The number of nitrogens with two attached hydrogens (primary N) is 1. The van der Waals surface area contributed by atoms with Gasteiger partial charge < -0.3 is 15.9 Å². The average Bonchev–Trinajstić information content (AvgIpc) is 2.32. The van der Waals surface area contributed by atoms with Crippen LogP contribution < -0.4 is 5.73 Å². The van der Waals surface area contributed by atoms with Crippen LogP contribution >= 0.6 is 0 Å². The molecule has 0 aliphatic carbocycles. The normalized spacial score (nSPS) is 11.1. The highest BCUT2D eigenvalue weighted by molar-refractivity contribution is 5.25. The zero-order chi connectivity index (χ0) is 12.7. The first-order valence-electron chi connectivity index (χ1n) is 5.63. The molecular formula is C12H19FN2O2. The van der Waals surface area contributed by atoms with Crippen molar-refractivity contribution in [3.05, 3.63) is 35.1 Å². The molecule has 0 aromatic heterocycles. The van der Waals surface area contributed by atoms with Gasteiger partial charge in [-0.05, 0) is 0 Å². The Bertz CT molecular complexity index is 341. The Balaban J connectivity index is 2.77. The highest BCUT2D eigenvalue weighted by atomic mass is 19.1. The topological polar surface area (TPSA) is 69.7 Å². The summed E-state index contributed by atoms with van der Waals surface area (Å²) in [5.41, 5.74) is 6.45. The third-order valence-electron chi connectivity index (χ3n) is 2.60. The number of aliphatic hydroxyl groups excluding tert-OH is 2. The van der Waals surface area contributed by atoms with E-state index in [1.807, 2.05) is 0 Å². The standard InChI is InChI=1S/C12H19FN2O2/c13-12-10(8-14)2-1-3-11(12)9-15(4-6-16)5-7-17/h1-3,16-17H,4-9,14H2. The van der Waals surface area contributed by atoms with E-state index in [1.165, 1.54) is 0 Å². The van der Waals surface area contributed by atoms with E-state index in [4.69, 9.17) is 15.9 Å². The second-order valence-corrected chi connectivity index (χ2v) is 3.82. The van der Waals surface area contributed by atoms with Crippen molar-refractivity contribution >= 4 is 0 Å². The molecule has 96 valence electrons. The molecule has 0 atom stereocenters. The van der Waals surface area contributed by atoms with Crippen LogP contribution in [-0.2, 0) is 13.1 Å². The molecule has 0 aliphatic rings. The molecule has 0 bridgehead atoms. The van der Waals surface area contributed by atoms with E-state index in [1.54, 1.807) is 23.1 Å². The van der Waals surface area contributed by atoms with Crippen molar-refractivity contribution in [2.75, 3.05) is 26.3 Å². The first kappa shape index (κ1) is 14.1. The lowest BCUT2D eigenvalue weighted by Crippen LogP contribution is -2.29. The largest absolute Gasteiger partial charge is 0.395 e. The van der Waals surface area contributed by atoms with Crippen molar-refractivity contribution in [1.82, 2.24) is 4.90 Å². The Morgan fingerprint density at radius 2 is 1.71 bits per heavy atom. The molecule has 0 saturated carbocycles. The van der Waals surface area contributed by atoms with E-state index in [0.29, 0.717) is 30.8 Å². The maximum atomic E-state index is 13.9. The fraction of sp³-hybridized carbons (Fsp3) is 0.500. The highest BCUT2D eigenvalue weighted by Gasteiger charge is 2.10. The molecular weight excluding hydrogens is 223 g/mol. The smallest absolute Gasteiger partial charge is 0.132 e. The van der Waals surface area contributed by atoms with Crippen LogP contribution in [0.4, 0.5) is 4.39 Å². The second-order valence-electron chi connectivity index (χ2n) is 3.82. The molecule has 1 aromatic rings. The van der Waals surface area contributed by atoms with Gasteiger partial charge in [0.25, 0.3) is 0 Å². The van der Waals surface area contributed by atoms with Gasteiger partial charge in [-0.2, -0.15) is 0 Å². The number of rotatable bonds is 7. The summed E-state index contributed by atoms with van der Waals surface area (Å²) in [6.07, 6.45) is 0. The molecule has 0 heterocycles. The average molecular weight is 242 g/mol. The first-order chi connectivity index (χ1) is 8.22. The third kappa shape index (κ3) is 4.05. The SMILES string of the molecule is NCc1cccc(CN(CCO)CCO)c1F. The molecule has 0 saturated heterocycles. The van der Waals surface area contributed by atoms with Crippen LogP contribution in [0.25, 0.3) is 0 Å². The van der Waals surface area contributed by atoms with Crippen molar-refractivity contribution < 1.29 is 14.6 Å². The van der Waals surface area contributed by atoms with Crippen molar-refractivity contribution in [2.45, 2.75) is 13.1 Å². The third-order valence-corrected chi connectivity index (χ3v) is 2.60. The van der Waals surface area contributed by atoms with Crippen LogP contribution in [0, 0.1) is 5.82 Å². The van der Waals surface area contributed by atoms with E-state index >= 15 is 0 Å². The summed E-state index contributed by atoms with van der Waals surface area (Å²) in [7, 11) is 0. The zero-order valence-corrected chi connectivity index (χ0v) is 9.77. The number of hydrogen-bond donors (Lipinski definition) is 3. The van der Waals surface area contributed by atoms with Gasteiger partial charge in [0.15, 0.2) is 0 Å². The van der Waals surface area contributed by atoms with Crippen molar-refractivity contribution in [3.8, 4) is 0 Å². The number of benzene rings is 1. The van der Waals surface area contributed by atoms with E-state index in [0.717, 1.165) is 0 Å². The second kappa shape index (κ2) is 7.34. The maximum Gasteiger partial charge on any atom is 0.132 e. The lowest BCUT2D eigenvalue weighted by atomic mass is 10.1. The van der Waals surface area contributed by atoms with Crippen LogP contribution in [0.1, 0.15) is 11.1 Å². The molecule has 17 heavy (non-hydrogen) atoms. The minimum atomic E-state index is -0.295. The quantitative estimate of drug-likeness (QED) is 0.633. The highest BCUT2D eigenvalue weighted by Crippen LogP contribution is 2.14. The zero-order valence-electron chi connectivity index (χ0n) is 9.77. The Morgan fingerprint density at radius 3 is 2.24 bits per heavy atom. The van der Waals surface area contributed by atoms with Gasteiger partial charge in [-0.1, -0.05) is 18.2 Å². The molecule has 0 amide bonds. The van der Waals surface area contributed by atoms with Crippen LogP contribution in [0.3, 0.4) is 0 Å². The van der Waals surface area contributed by atoms with Crippen LogP contribution in [0.5, 0.6) is 0 Å². The first-order valence-corrected chi connectivity index (χ1v) is 5.63. The Hall–Kier alpha value is -1.01. The van der Waals surface area contributed by atoms with Gasteiger partial charge in [0.05, 0.1) is 13.2 Å². The van der Waals surface area contributed by atoms with Crippen LogP contribution in [-0.4, -0.2) is 41.4 Å². The lowest BCUT2D eigenvalue weighted by Gasteiger charge is -2.20. The van der Waals surface area contributed by atoms with Crippen LogP contribution in [0.15, 0.2) is 18.2 Å². The van der Waals surface area contributed by atoms with Crippen molar-refractivity contribution in [3.63, 3.8) is 0 Å². The summed E-state index contributed by atoms with van der Waals surface area (Å²) < 4.78 is 13.9. The molecule has 0 aliphatic heterocycles. The van der Waals surface area contributed by atoms with E-state index in [-0.39, 0.29) is 25.6 Å². The van der Waals surface area contributed by atoms with Gasteiger partial charge in [0, 0.05) is 37.3 Å². The molecule has 5 heteroatoms. The van der Waals surface area contributed by atoms with Gasteiger partial charge in [0.1, 0.15) is 5.82 Å². The summed E-state index contributed by atoms with van der Waals surface area (Å²) in [5.74, 6) is -0.295. The Kier molecular flexibility index (Phi) is 6.07. The van der Waals surface area contributed by atoms with E-state index < -0.39 is 0 Å². The molecule has 0 radical (unpaired) electrons. The fourth-order valence-corrected chi connectivity index (χ4v) is 1.71. The van der Waals surface area contributed by atoms with Gasteiger partial charge >= 0.3 is 0 Å². The molecule has 4 nitrogen and oxygen atoms in total. The lowest BCUT2D eigenvalue weighted by molar-refractivity contribution is 0.154. The van der Waals surface area contributed by atoms with Gasteiger partial charge in [0.2, 0.25) is 0 Å².